The van der Waals surface area contributed by atoms with Crippen LogP contribution in [0.25, 0.3) is 11.3 Å². The summed E-state index contributed by atoms with van der Waals surface area (Å²) in [7, 11) is 3.39. The van der Waals surface area contributed by atoms with E-state index in [1.807, 2.05) is 0 Å². The molecule has 0 radical (unpaired) electrons. The standard InChI is InChI=1S/C12H12N4O3/c1-15(2)12-13-9(8-6-4-3-5-7-8)10(16(18)19)11(17)14-12/h3-7H,1-2H3,(H,13,14,17). The Balaban J connectivity index is 2.76. The molecule has 0 atom stereocenters. The molecule has 98 valence electrons. The normalized spacial score (nSPS) is 10.2. The van der Waals surface area contributed by atoms with Crippen LogP contribution in [0.4, 0.5) is 11.6 Å². The van der Waals surface area contributed by atoms with E-state index in [0.717, 1.165) is 0 Å². The van der Waals surface area contributed by atoms with Crippen LogP contribution in [-0.2, 0) is 0 Å². The summed E-state index contributed by atoms with van der Waals surface area (Å²) in [5.41, 5.74) is -0.708. The number of H-pyrrole nitrogens is 1. The van der Waals surface area contributed by atoms with Gasteiger partial charge in [-0.15, -0.1) is 0 Å². The molecule has 0 spiro atoms. The maximum absolute atomic E-state index is 11.8. The van der Waals surface area contributed by atoms with Crippen LogP contribution in [-0.4, -0.2) is 29.0 Å². The highest BCUT2D eigenvalue weighted by atomic mass is 16.6. The summed E-state index contributed by atoms with van der Waals surface area (Å²) in [6, 6.07) is 8.60. The SMILES string of the molecule is CN(C)c1nc(-c2ccccc2)c([N+](=O)[O-])c(=O)[nH]1. The van der Waals surface area contributed by atoms with Gasteiger partial charge in [0, 0.05) is 19.7 Å². The van der Waals surface area contributed by atoms with Crippen molar-refractivity contribution in [2.75, 3.05) is 19.0 Å². The lowest BCUT2D eigenvalue weighted by Crippen LogP contribution is -2.21. The van der Waals surface area contributed by atoms with Crippen LogP contribution >= 0.6 is 0 Å². The zero-order chi connectivity index (χ0) is 14.0. The first-order valence-electron chi connectivity index (χ1n) is 5.52. The summed E-state index contributed by atoms with van der Waals surface area (Å²) in [5.74, 6) is 0.273. The van der Waals surface area contributed by atoms with Crippen molar-refractivity contribution in [1.29, 1.82) is 0 Å². The summed E-state index contributed by atoms with van der Waals surface area (Å²) < 4.78 is 0. The Bertz CT molecular complexity index is 664. The second kappa shape index (κ2) is 4.89. The summed E-state index contributed by atoms with van der Waals surface area (Å²) in [5, 5.41) is 11.0. The molecule has 1 heterocycles. The molecule has 2 rings (SSSR count). The molecule has 7 heteroatoms. The number of hydrogen-bond donors (Lipinski definition) is 1. The Labute approximate surface area is 108 Å². The molecule has 1 aromatic heterocycles. The fraction of sp³-hybridized carbons (Fsp3) is 0.167. The van der Waals surface area contributed by atoms with Crippen molar-refractivity contribution in [2.24, 2.45) is 0 Å². The predicted octanol–water partition coefficient (Wildman–Crippen LogP) is 1.41. The molecule has 0 saturated heterocycles. The molecule has 0 aliphatic rings. The summed E-state index contributed by atoms with van der Waals surface area (Å²) in [6.07, 6.45) is 0. The number of anilines is 1. The number of aromatic amines is 1. The molecule has 2 aromatic rings. The Morgan fingerprint density at radius 2 is 1.89 bits per heavy atom. The zero-order valence-corrected chi connectivity index (χ0v) is 10.5. The van der Waals surface area contributed by atoms with Crippen molar-refractivity contribution >= 4 is 11.6 Å². The van der Waals surface area contributed by atoms with Crippen LogP contribution in [0.5, 0.6) is 0 Å². The second-order valence-corrected chi connectivity index (χ2v) is 4.10. The van der Waals surface area contributed by atoms with Gasteiger partial charge in [-0.2, -0.15) is 0 Å². The minimum atomic E-state index is -0.762. The molecule has 0 aliphatic carbocycles. The highest BCUT2D eigenvalue weighted by Crippen LogP contribution is 2.25. The minimum absolute atomic E-state index is 0.0676. The zero-order valence-electron chi connectivity index (χ0n) is 10.5. The number of benzene rings is 1. The van der Waals surface area contributed by atoms with Crippen LogP contribution in [0, 0.1) is 10.1 Å². The molecule has 0 fully saturated rings. The third-order valence-electron chi connectivity index (χ3n) is 2.54. The van der Waals surface area contributed by atoms with Gasteiger partial charge in [0.1, 0.15) is 0 Å². The van der Waals surface area contributed by atoms with E-state index in [4.69, 9.17) is 0 Å². The van der Waals surface area contributed by atoms with Crippen LogP contribution in [0.3, 0.4) is 0 Å². The van der Waals surface area contributed by atoms with E-state index in [0.29, 0.717) is 5.56 Å². The number of aromatic nitrogens is 2. The van der Waals surface area contributed by atoms with Crippen LogP contribution in [0.2, 0.25) is 0 Å². The van der Waals surface area contributed by atoms with Gasteiger partial charge >= 0.3 is 11.2 Å². The number of rotatable bonds is 3. The van der Waals surface area contributed by atoms with Crippen molar-refractivity contribution in [3.8, 4) is 11.3 Å². The van der Waals surface area contributed by atoms with Gasteiger partial charge in [-0.3, -0.25) is 19.9 Å². The Hall–Kier alpha value is -2.70. The van der Waals surface area contributed by atoms with Gasteiger partial charge in [0.25, 0.3) is 0 Å². The van der Waals surface area contributed by atoms with Gasteiger partial charge in [0.15, 0.2) is 5.69 Å². The molecule has 0 unspecified atom stereocenters. The van der Waals surface area contributed by atoms with E-state index in [9.17, 15) is 14.9 Å². The molecule has 0 aliphatic heterocycles. The first kappa shape index (κ1) is 12.7. The third-order valence-corrected chi connectivity index (χ3v) is 2.54. The van der Waals surface area contributed by atoms with Gasteiger partial charge in [-0.1, -0.05) is 30.3 Å². The van der Waals surface area contributed by atoms with Crippen LogP contribution in [0.1, 0.15) is 0 Å². The minimum Gasteiger partial charge on any atom is -0.348 e. The first-order chi connectivity index (χ1) is 9.00. The second-order valence-electron chi connectivity index (χ2n) is 4.10. The van der Waals surface area contributed by atoms with Crippen LogP contribution < -0.4 is 10.5 Å². The largest absolute Gasteiger partial charge is 0.359 e. The lowest BCUT2D eigenvalue weighted by molar-refractivity contribution is -0.385. The molecular weight excluding hydrogens is 248 g/mol. The van der Waals surface area contributed by atoms with Crippen molar-refractivity contribution in [1.82, 2.24) is 9.97 Å². The number of nitrogens with zero attached hydrogens (tertiary/aromatic N) is 3. The van der Waals surface area contributed by atoms with Crippen molar-refractivity contribution in [2.45, 2.75) is 0 Å². The summed E-state index contributed by atoms with van der Waals surface area (Å²) in [6.45, 7) is 0. The molecule has 0 bridgehead atoms. The maximum atomic E-state index is 11.8. The molecule has 19 heavy (non-hydrogen) atoms. The number of nitro groups is 1. The molecule has 1 N–H and O–H groups in total. The van der Waals surface area contributed by atoms with E-state index in [-0.39, 0.29) is 11.6 Å². The lowest BCUT2D eigenvalue weighted by Gasteiger charge is -2.11. The number of hydrogen-bond acceptors (Lipinski definition) is 5. The van der Waals surface area contributed by atoms with Gasteiger partial charge < -0.3 is 4.90 Å². The first-order valence-corrected chi connectivity index (χ1v) is 5.52. The average molecular weight is 260 g/mol. The van der Waals surface area contributed by atoms with E-state index < -0.39 is 16.2 Å². The van der Waals surface area contributed by atoms with E-state index >= 15 is 0 Å². The monoisotopic (exact) mass is 260 g/mol. The van der Waals surface area contributed by atoms with Gasteiger partial charge in [-0.05, 0) is 0 Å². The summed E-state index contributed by atoms with van der Waals surface area (Å²) >= 11 is 0. The Kier molecular flexibility index (Phi) is 3.28. The van der Waals surface area contributed by atoms with Gasteiger partial charge in [-0.25, -0.2) is 4.98 Å². The van der Waals surface area contributed by atoms with Crippen molar-refractivity contribution in [3.05, 3.63) is 50.8 Å². The fourth-order valence-corrected chi connectivity index (χ4v) is 1.63. The molecule has 0 saturated carbocycles. The number of nitrogens with one attached hydrogen (secondary N) is 1. The fourth-order valence-electron chi connectivity index (χ4n) is 1.63. The highest BCUT2D eigenvalue weighted by molar-refractivity contribution is 5.69. The average Bonchev–Trinajstić information content (AvgIpc) is 2.38. The predicted molar refractivity (Wildman–Crippen MR) is 71.3 cm³/mol. The molecule has 1 aromatic carbocycles. The van der Waals surface area contributed by atoms with E-state index in [1.165, 1.54) is 0 Å². The third kappa shape index (κ3) is 2.44. The van der Waals surface area contributed by atoms with Crippen molar-refractivity contribution in [3.63, 3.8) is 0 Å². The van der Waals surface area contributed by atoms with E-state index in [1.54, 1.807) is 49.3 Å². The van der Waals surface area contributed by atoms with Crippen LogP contribution in [0.15, 0.2) is 35.1 Å². The van der Waals surface area contributed by atoms with E-state index in [2.05, 4.69) is 9.97 Å². The highest BCUT2D eigenvalue weighted by Gasteiger charge is 2.23. The smallest absolute Gasteiger partial charge is 0.348 e. The summed E-state index contributed by atoms with van der Waals surface area (Å²) in [4.78, 5) is 30.2. The molecule has 0 amide bonds. The van der Waals surface area contributed by atoms with Gasteiger partial charge in [0.05, 0.1) is 4.92 Å². The lowest BCUT2D eigenvalue weighted by atomic mass is 10.1. The van der Waals surface area contributed by atoms with Crippen molar-refractivity contribution < 1.29 is 4.92 Å². The topological polar surface area (TPSA) is 92.1 Å². The van der Waals surface area contributed by atoms with Gasteiger partial charge in [0.2, 0.25) is 5.95 Å². The quantitative estimate of drug-likeness (QED) is 0.665. The maximum Gasteiger partial charge on any atom is 0.359 e. The Morgan fingerprint density at radius 1 is 1.26 bits per heavy atom. The Morgan fingerprint density at radius 3 is 2.42 bits per heavy atom. The molecular formula is C12H12N4O3. The molecule has 7 nitrogen and oxygen atoms in total.